The van der Waals surface area contributed by atoms with E-state index < -0.39 is 11.4 Å². The number of hydrogen-bond acceptors (Lipinski definition) is 3. The molecule has 0 radical (unpaired) electrons. The van der Waals surface area contributed by atoms with Gasteiger partial charge in [-0.15, -0.1) is 0 Å². The lowest BCUT2D eigenvalue weighted by molar-refractivity contribution is -0.147. The number of likely N-dealkylation sites (tertiary alicyclic amines) is 1. The van der Waals surface area contributed by atoms with Gasteiger partial charge < -0.3 is 10.0 Å². The van der Waals surface area contributed by atoms with Crippen molar-refractivity contribution >= 4 is 11.7 Å². The third-order valence-electron chi connectivity index (χ3n) is 4.99. The van der Waals surface area contributed by atoms with E-state index in [1.807, 2.05) is 6.07 Å². The van der Waals surface area contributed by atoms with Gasteiger partial charge in [0.1, 0.15) is 5.82 Å². The van der Waals surface area contributed by atoms with Crippen LogP contribution in [0.5, 0.6) is 0 Å². The van der Waals surface area contributed by atoms with E-state index in [0.29, 0.717) is 31.6 Å². The number of halogens is 1. The predicted molar refractivity (Wildman–Crippen MR) is 83.5 cm³/mol. The molecule has 2 aliphatic rings. The molecule has 1 N–H and O–H groups in total. The minimum absolute atomic E-state index is 0.187. The molecule has 5 heteroatoms. The Morgan fingerprint density at radius 1 is 1.32 bits per heavy atom. The van der Waals surface area contributed by atoms with E-state index in [9.17, 15) is 14.3 Å². The fourth-order valence-electron chi connectivity index (χ4n) is 3.55. The van der Waals surface area contributed by atoms with Crippen molar-refractivity contribution in [1.29, 1.82) is 0 Å². The Labute approximate surface area is 130 Å². The molecule has 22 heavy (non-hydrogen) atoms. The first-order valence-corrected chi connectivity index (χ1v) is 7.98. The number of hydrogen-bond donors (Lipinski definition) is 1. The number of carboxylic acid groups (broad SMARTS) is 1. The van der Waals surface area contributed by atoms with Gasteiger partial charge >= 0.3 is 5.97 Å². The van der Waals surface area contributed by atoms with Crippen molar-refractivity contribution in [3.63, 3.8) is 0 Å². The minimum Gasteiger partial charge on any atom is -0.481 e. The van der Waals surface area contributed by atoms with Crippen molar-refractivity contribution in [2.24, 2.45) is 5.41 Å². The van der Waals surface area contributed by atoms with E-state index in [0.717, 1.165) is 31.6 Å². The summed E-state index contributed by atoms with van der Waals surface area (Å²) in [6.45, 7) is 5.40. The van der Waals surface area contributed by atoms with Crippen molar-refractivity contribution in [1.82, 2.24) is 4.90 Å². The van der Waals surface area contributed by atoms with Gasteiger partial charge in [0.25, 0.3) is 0 Å². The highest BCUT2D eigenvalue weighted by Crippen LogP contribution is 2.34. The van der Waals surface area contributed by atoms with E-state index in [2.05, 4.69) is 9.80 Å². The van der Waals surface area contributed by atoms with Crippen molar-refractivity contribution in [3.8, 4) is 0 Å². The van der Waals surface area contributed by atoms with E-state index in [1.54, 1.807) is 13.0 Å². The predicted octanol–water partition coefficient (Wildman–Crippen LogP) is 2.72. The highest BCUT2D eigenvalue weighted by atomic mass is 19.1. The molecule has 0 saturated carbocycles. The lowest BCUT2D eigenvalue weighted by atomic mass is 9.90. The van der Waals surface area contributed by atoms with Crippen LogP contribution in [0.2, 0.25) is 0 Å². The van der Waals surface area contributed by atoms with E-state index in [-0.39, 0.29) is 5.82 Å². The Morgan fingerprint density at radius 2 is 2.05 bits per heavy atom. The van der Waals surface area contributed by atoms with Crippen LogP contribution in [-0.4, -0.2) is 42.2 Å². The zero-order chi connectivity index (χ0) is 15.7. The van der Waals surface area contributed by atoms with Gasteiger partial charge in [0.15, 0.2) is 0 Å². The molecule has 120 valence electrons. The zero-order valence-electron chi connectivity index (χ0n) is 13.0. The van der Waals surface area contributed by atoms with Crippen molar-refractivity contribution in [3.05, 3.63) is 29.6 Å². The number of anilines is 1. The van der Waals surface area contributed by atoms with E-state index in [1.165, 1.54) is 6.07 Å². The van der Waals surface area contributed by atoms with Gasteiger partial charge in [0.05, 0.1) is 5.41 Å². The quantitative estimate of drug-likeness (QED) is 0.929. The Hall–Kier alpha value is -1.62. The maximum absolute atomic E-state index is 14.3. The van der Waals surface area contributed by atoms with Gasteiger partial charge in [-0.2, -0.15) is 0 Å². The fourth-order valence-corrected chi connectivity index (χ4v) is 3.55. The number of carboxylic acids is 1. The SMILES string of the molecule is CC1(C(=O)O)CCN(Cc2c(F)cccc2N2CCCC2)C1. The number of nitrogens with zero attached hydrogens (tertiary/aromatic N) is 2. The molecule has 1 aromatic carbocycles. The fraction of sp³-hybridized carbons (Fsp3) is 0.588. The molecule has 4 nitrogen and oxygen atoms in total. The van der Waals surface area contributed by atoms with Crippen LogP contribution in [-0.2, 0) is 11.3 Å². The topological polar surface area (TPSA) is 43.8 Å². The molecule has 1 atom stereocenters. The molecule has 2 aliphatic heterocycles. The highest BCUT2D eigenvalue weighted by Gasteiger charge is 2.40. The number of aliphatic carboxylic acids is 1. The second-order valence-corrected chi connectivity index (χ2v) is 6.76. The highest BCUT2D eigenvalue weighted by molar-refractivity contribution is 5.74. The molecule has 0 bridgehead atoms. The van der Waals surface area contributed by atoms with Gasteiger partial charge in [-0.25, -0.2) is 4.39 Å². The molecule has 0 amide bonds. The summed E-state index contributed by atoms with van der Waals surface area (Å²) in [6, 6.07) is 5.25. The van der Waals surface area contributed by atoms with Crippen LogP contribution in [0, 0.1) is 11.2 Å². The molecule has 0 aromatic heterocycles. The summed E-state index contributed by atoms with van der Waals surface area (Å²) < 4.78 is 14.3. The summed E-state index contributed by atoms with van der Waals surface area (Å²) in [4.78, 5) is 15.7. The summed E-state index contributed by atoms with van der Waals surface area (Å²) in [5.74, 6) is -0.948. The second kappa shape index (κ2) is 5.88. The van der Waals surface area contributed by atoms with Gasteiger partial charge in [-0.1, -0.05) is 6.07 Å². The molecule has 2 fully saturated rings. The molecule has 1 aromatic rings. The normalized spacial score (nSPS) is 25.8. The van der Waals surface area contributed by atoms with Gasteiger partial charge in [0, 0.05) is 37.4 Å². The summed E-state index contributed by atoms with van der Waals surface area (Å²) in [7, 11) is 0. The van der Waals surface area contributed by atoms with Crippen molar-refractivity contribution in [2.75, 3.05) is 31.1 Å². The van der Waals surface area contributed by atoms with Crippen LogP contribution < -0.4 is 4.90 Å². The Balaban J connectivity index is 1.79. The van der Waals surface area contributed by atoms with Gasteiger partial charge in [-0.3, -0.25) is 9.69 Å². The first kappa shape index (κ1) is 15.3. The van der Waals surface area contributed by atoms with Crippen LogP contribution in [0.1, 0.15) is 31.7 Å². The van der Waals surface area contributed by atoms with Crippen LogP contribution >= 0.6 is 0 Å². The monoisotopic (exact) mass is 306 g/mol. The third kappa shape index (κ3) is 2.82. The Bertz CT molecular complexity index is 572. The molecule has 3 rings (SSSR count). The average molecular weight is 306 g/mol. The van der Waals surface area contributed by atoms with Gasteiger partial charge in [-0.05, 0) is 44.9 Å². The third-order valence-corrected chi connectivity index (χ3v) is 4.99. The van der Waals surface area contributed by atoms with E-state index in [4.69, 9.17) is 0 Å². The molecular weight excluding hydrogens is 283 g/mol. The Morgan fingerprint density at radius 3 is 2.68 bits per heavy atom. The summed E-state index contributed by atoms with van der Waals surface area (Å²) >= 11 is 0. The van der Waals surface area contributed by atoms with Crippen LogP contribution in [0.4, 0.5) is 10.1 Å². The summed E-state index contributed by atoms with van der Waals surface area (Å²) in [6.07, 6.45) is 2.92. The largest absolute Gasteiger partial charge is 0.481 e. The Kier molecular flexibility index (Phi) is 4.08. The van der Waals surface area contributed by atoms with Crippen molar-refractivity contribution < 1.29 is 14.3 Å². The standard InChI is InChI=1S/C17H23FN2O2/c1-17(16(21)22)7-10-19(12-17)11-13-14(18)5-4-6-15(13)20-8-2-3-9-20/h4-6H,2-3,7-12H2,1H3,(H,21,22). The summed E-state index contributed by atoms with van der Waals surface area (Å²) in [5.41, 5.74) is 0.972. The van der Waals surface area contributed by atoms with Gasteiger partial charge in [0.2, 0.25) is 0 Å². The average Bonchev–Trinajstić information content (AvgIpc) is 3.12. The van der Waals surface area contributed by atoms with Crippen LogP contribution in [0.25, 0.3) is 0 Å². The van der Waals surface area contributed by atoms with E-state index >= 15 is 0 Å². The molecule has 0 aliphatic carbocycles. The van der Waals surface area contributed by atoms with Crippen LogP contribution in [0.3, 0.4) is 0 Å². The van der Waals surface area contributed by atoms with Crippen molar-refractivity contribution in [2.45, 2.75) is 32.7 Å². The molecule has 0 spiro atoms. The maximum atomic E-state index is 14.3. The van der Waals surface area contributed by atoms with Crippen LogP contribution in [0.15, 0.2) is 18.2 Å². The lowest BCUT2D eigenvalue weighted by Gasteiger charge is -2.25. The zero-order valence-corrected chi connectivity index (χ0v) is 13.0. The summed E-state index contributed by atoms with van der Waals surface area (Å²) in [5, 5.41) is 9.33. The first-order chi connectivity index (χ1) is 10.5. The molecule has 2 heterocycles. The number of rotatable bonds is 4. The lowest BCUT2D eigenvalue weighted by Crippen LogP contribution is -2.32. The molecule has 1 unspecified atom stereocenters. The first-order valence-electron chi connectivity index (χ1n) is 7.98. The minimum atomic E-state index is -0.761. The molecule has 2 saturated heterocycles. The second-order valence-electron chi connectivity index (χ2n) is 6.76. The smallest absolute Gasteiger partial charge is 0.310 e. The number of carbonyl (C=O) groups is 1. The maximum Gasteiger partial charge on any atom is 0.310 e. The molecular formula is C17H23FN2O2. The number of benzene rings is 1.